The Morgan fingerprint density at radius 3 is 2.36 bits per heavy atom. The lowest BCUT2D eigenvalue weighted by molar-refractivity contribution is -0.120. The second-order valence-corrected chi connectivity index (χ2v) is 7.32. The zero-order valence-electron chi connectivity index (χ0n) is 15.1. The highest BCUT2D eigenvalue weighted by Crippen LogP contribution is 2.26. The first-order chi connectivity index (χ1) is 13.4. The topological polar surface area (TPSA) is 41.1 Å². The zero-order chi connectivity index (χ0) is 20.1. The third kappa shape index (κ3) is 4.99. The van der Waals surface area contributed by atoms with E-state index in [0.717, 1.165) is 22.6 Å². The van der Waals surface area contributed by atoms with Crippen molar-refractivity contribution >= 4 is 17.2 Å². The Balaban J connectivity index is 1.65. The number of hydrogen-bond donors (Lipinski definition) is 2. The van der Waals surface area contributed by atoms with E-state index in [2.05, 4.69) is 10.6 Å². The first-order valence-corrected chi connectivity index (χ1v) is 9.58. The van der Waals surface area contributed by atoms with Gasteiger partial charge >= 0.3 is 0 Å². The molecular weight excluding hydrogens is 385 g/mol. The fraction of sp³-hybridized carbons (Fsp3) is 0.190. The number of thiophene rings is 1. The van der Waals surface area contributed by atoms with Crippen molar-refractivity contribution in [2.75, 3.05) is 6.54 Å². The van der Waals surface area contributed by atoms with Gasteiger partial charge in [0.15, 0.2) is 11.6 Å². The maximum Gasteiger partial charge on any atom is 0.234 e. The standard InChI is InChI=1S/C21H19F3N2OS/c1-13(15-6-9-17(23)18(24)11-15)25-12-20(27)26-21(19-3-2-10-28-19)14-4-7-16(22)8-5-14/h2-11,13,21,25H,12H2,1H3,(H,26,27)/t13-,21+/m0/s1. The Hall–Kier alpha value is -2.64. The molecule has 0 aliphatic carbocycles. The minimum absolute atomic E-state index is 0.0107. The maximum absolute atomic E-state index is 13.4. The Morgan fingerprint density at radius 1 is 1.00 bits per heavy atom. The van der Waals surface area contributed by atoms with Crippen molar-refractivity contribution < 1.29 is 18.0 Å². The summed E-state index contributed by atoms with van der Waals surface area (Å²) >= 11 is 1.49. The molecule has 2 aromatic carbocycles. The summed E-state index contributed by atoms with van der Waals surface area (Å²) in [6, 6.07) is 12.7. The molecule has 0 bridgehead atoms. The number of rotatable bonds is 7. The summed E-state index contributed by atoms with van der Waals surface area (Å²) in [5, 5.41) is 7.84. The highest BCUT2D eigenvalue weighted by atomic mass is 32.1. The molecule has 3 rings (SSSR count). The van der Waals surface area contributed by atoms with Gasteiger partial charge in [-0.05, 0) is 53.8 Å². The van der Waals surface area contributed by atoms with Crippen LogP contribution in [-0.2, 0) is 4.79 Å². The SMILES string of the molecule is C[C@H](NCC(=O)N[C@H](c1ccc(F)cc1)c1cccs1)c1ccc(F)c(F)c1. The lowest BCUT2D eigenvalue weighted by atomic mass is 10.1. The molecule has 2 atom stereocenters. The summed E-state index contributed by atoms with van der Waals surface area (Å²) in [6.07, 6.45) is 0. The molecule has 7 heteroatoms. The largest absolute Gasteiger partial charge is 0.343 e. The van der Waals surface area contributed by atoms with E-state index in [1.54, 1.807) is 19.1 Å². The van der Waals surface area contributed by atoms with E-state index >= 15 is 0 Å². The highest BCUT2D eigenvalue weighted by Gasteiger charge is 2.18. The van der Waals surface area contributed by atoms with Gasteiger partial charge in [-0.2, -0.15) is 0 Å². The number of carbonyl (C=O) groups is 1. The second-order valence-electron chi connectivity index (χ2n) is 6.34. The molecule has 1 heterocycles. The van der Waals surface area contributed by atoms with Crippen LogP contribution in [0.5, 0.6) is 0 Å². The molecule has 0 saturated heterocycles. The van der Waals surface area contributed by atoms with Crippen molar-refractivity contribution in [3.8, 4) is 0 Å². The van der Waals surface area contributed by atoms with Crippen molar-refractivity contribution in [1.82, 2.24) is 10.6 Å². The lowest BCUT2D eigenvalue weighted by Crippen LogP contribution is -2.37. The van der Waals surface area contributed by atoms with Gasteiger partial charge in [-0.3, -0.25) is 4.79 Å². The molecule has 3 aromatic rings. The van der Waals surface area contributed by atoms with Crippen LogP contribution in [0.25, 0.3) is 0 Å². The molecule has 0 fully saturated rings. The Bertz CT molecular complexity index is 929. The molecule has 0 saturated carbocycles. The van der Waals surface area contributed by atoms with Crippen LogP contribution in [0.3, 0.4) is 0 Å². The number of amides is 1. The van der Waals surface area contributed by atoms with Crippen LogP contribution in [0.2, 0.25) is 0 Å². The normalized spacial score (nSPS) is 13.1. The molecule has 0 aliphatic heterocycles. The van der Waals surface area contributed by atoms with Crippen molar-refractivity contribution in [2.45, 2.75) is 19.0 Å². The predicted molar refractivity (Wildman–Crippen MR) is 103 cm³/mol. The van der Waals surface area contributed by atoms with E-state index in [4.69, 9.17) is 0 Å². The highest BCUT2D eigenvalue weighted by molar-refractivity contribution is 7.10. The minimum atomic E-state index is -0.926. The summed E-state index contributed by atoms with van der Waals surface area (Å²) in [5.74, 6) is -2.45. The predicted octanol–water partition coefficient (Wildman–Crippen LogP) is 4.72. The lowest BCUT2D eigenvalue weighted by Gasteiger charge is -2.20. The first kappa shape index (κ1) is 20.1. The van der Waals surface area contributed by atoms with E-state index in [1.807, 2.05) is 17.5 Å². The third-order valence-electron chi connectivity index (χ3n) is 4.35. The molecule has 0 aliphatic rings. The fourth-order valence-corrected chi connectivity index (χ4v) is 3.59. The van der Waals surface area contributed by atoms with E-state index in [0.29, 0.717) is 5.56 Å². The molecule has 1 amide bonds. The molecule has 1 aromatic heterocycles. The third-order valence-corrected chi connectivity index (χ3v) is 5.29. The van der Waals surface area contributed by atoms with E-state index in [-0.39, 0.29) is 24.3 Å². The number of carbonyl (C=O) groups excluding carboxylic acids is 1. The molecule has 0 spiro atoms. The van der Waals surface area contributed by atoms with Crippen molar-refractivity contribution in [1.29, 1.82) is 0 Å². The monoisotopic (exact) mass is 404 g/mol. The number of benzene rings is 2. The molecule has 2 N–H and O–H groups in total. The average Bonchev–Trinajstić information content (AvgIpc) is 3.21. The summed E-state index contributed by atoms with van der Waals surface area (Å²) in [6.45, 7) is 1.75. The van der Waals surface area contributed by atoms with Crippen LogP contribution in [0.4, 0.5) is 13.2 Å². The van der Waals surface area contributed by atoms with Crippen molar-refractivity contribution in [2.24, 2.45) is 0 Å². The summed E-state index contributed by atoms with van der Waals surface area (Å²) < 4.78 is 39.7. The van der Waals surface area contributed by atoms with Crippen molar-refractivity contribution in [3.05, 3.63) is 93.4 Å². The second kappa shape index (κ2) is 9.03. The molecular formula is C21H19F3N2OS. The smallest absolute Gasteiger partial charge is 0.234 e. The van der Waals surface area contributed by atoms with Crippen LogP contribution >= 0.6 is 11.3 Å². The molecule has 28 heavy (non-hydrogen) atoms. The van der Waals surface area contributed by atoms with Crippen LogP contribution in [0.15, 0.2) is 60.0 Å². The van der Waals surface area contributed by atoms with Gasteiger partial charge in [-0.1, -0.05) is 24.3 Å². The Labute approximate surface area is 165 Å². The molecule has 0 radical (unpaired) electrons. The summed E-state index contributed by atoms with van der Waals surface area (Å²) in [7, 11) is 0. The Morgan fingerprint density at radius 2 is 1.71 bits per heavy atom. The van der Waals surface area contributed by atoms with Crippen LogP contribution in [0.1, 0.15) is 35.0 Å². The van der Waals surface area contributed by atoms with Crippen LogP contribution in [-0.4, -0.2) is 12.5 Å². The Kier molecular flexibility index (Phi) is 6.49. The molecule has 146 valence electrons. The van der Waals surface area contributed by atoms with Gasteiger partial charge in [0.25, 0.3) is 0 Å². The van der Waals surface area contributed by atoms with Crippen LogP contribution in [0, 0.1) is 17.5 Å². The number of nitrogens with one attached hydrogen (secondary N) is 2. The first-order valence-electron chi connectivity index (χ1n) is 8.70. The number of hydrogen-bond acceptors (Lipinski definition) is 3. The van der Waals surface area contributed by atoms with Gasteiger partial charge in [0.1, 0.15) is 5.82 Å². The average molecular weight is 404 g/mol. The van der Waals surface area contributed by atoms with Gasteiger partial charge in [0.2, 0.25) is 5.91 Å². The summed E-state index contributed by atoms with van der Waals surface area (Å²) in [5.41, 5.74) is 1.31. The maximum atomic E-state index is 13.4. The van der Waals surface area contributed by atoms with E-state index < -0.39 is 17.7 Å². The van der Waals surface area contributed by atoms with Gasteiger partial charge in [-0.25, -0.2) is 13.2 Å². The van der Waals surface area contributed by atoms with Gasteiger partial charge in [-0.15, -0.1) is 11.3 Å². The fourth-order valence-electron chi connectivity index (χ4n) is 2.79. The van der Waals surface area contributed by atoms with E-state index in [9.17, 15) is 18.0 Å². The zero-order valence-corrected chi connectivity index (χ0v) is 15.9. The number of halogens is 3. The van der Waals surface area contributed by atoms with Gasteiger partial charge < -0.3 is 10.6 Å². The van der Waals surface area contributed by atoms with Crippen molar-refractivity contribution in [3.63, 3.8) is 0 Å². The van der Waals surface area contributed by atoms with Gasteiger partial charge in [0.05, 0.1) is 12.6 Å². The summed E-state index contributed by atoms with van der Waals surface area (Å²) in [4.78, 5) is 13.4. The molecule has 3 nitrogen and oxygen atoms in total. The van der Waals surface area contributed by atoms with Gasteiger partial charge in [0, 0.05) is 10.9 Å². The quantitative estimate of drug-likeness (QED) is 0.598. The molecule has 0 unspecified atom stereocenters. The van der Waals surface area contributed by atoms with Crippen LogP contribution < -0.4 is 10.6 Å². The van der Waals surface area contributed by atoms with E-state index in [1.165, 1.54) is 29.5 Å². The minimum Gasteiger partial charge on any atom is -0.343 e.